The highest BCUT2D eigenvalue weighted by Crippen LogP contribution is 2.55. The average molecular weight is 699 g/mol. The largest absolute Gasteiger partial charge is 0.530 e. The second kappa shape index (κ2) is 18.8. The van der Waals surface area contributed by atoms with Crippen LogP contribution in [0.1, 0.15) is 121 Å². The Morgan fingerprint density at radius 1 is 0.979 bits per heavy atom. The maximum Gasteiger partial charge on any atom is 0.530 e. The van der Waals surface area contributed by atoms with Gasteiger partial charge in [0.15, 0.2) is 5.82 Å². The number of nitrogens with zero attached hydrogens (tertiary/aromatic N) is 1. The van der Waals surface area contributed by atoms with Gasteiger partial charge in [0.25, 0.3) is 6.23 Å². The smallest absolute Gasteiger partial charge is 0.453 e. The van der Waals surface area contributed by atoms with Crippen molar-refractivity contribution in [1.29, 1.82) is 0 Å². The minimum Gasteiger partial charge on any atom is -0.453 e. The Kier molecular flexibility index (Phi) is 14.8. The fourth-order valence-corrected chi connectivity index (χ4v) is 7.19. The number of carbonyl (C=O) groups excluding carboxylic acids is 1. The number of carbonyl (C=O) groups is 1. The molecule has 1 aromatic heterocycles. The van der Waals surface area contributed by atoms with E-state index in [1.54, 1.807) is 24.3 Å². The number of esters is 1. The van der Waals surface area contributed by atoms with Gasteiger partial charge in [0.2, 0.25) is 6.10 Å². The molecule has 1 saturated heterocycles. The number of unbranched alkanes of at least 4 members (excludes halogenated alkanes) is 14. The summed E-state index contributed by atoms with van der Waals surface area (Å²) in [7, 11) is -4.21. The number of H-pyrrole nitrogens is 1. The molecule has 1 fully saturated rings. The molecule has 268 valence electrons. The van der Waals surface area contributed by atoms with Crippen molar-refractivity contribution in [1.82, 2.24) is 4.98 Å². The van der Waals surface area contributed by atoms with E-state index >= 15 is 8.78 Å². The molecule has 4 rings (SSSR count). The molecule has 3 N–H and O–H groups in total. The predicted molar refractivity (Wildman–Crippen MR) is 175 cm³/mol. The van der Waals surface area contributed by atoms with Gasteiger partial charge in [-0.15, -0.1) is 0 Å². The third-order valence-electron chi connectivity index (χ3n) is 8.70. The molecule has 0 spiro atoms. The van der Waals surface area contributed by atoms with E-state index in [9.17, 15) is 14.2 Å². The molecule has 0 aliphatic carbocycles. The summed E-state index contributed by atoms with van der Waals surface area (Å²) in [5.74, 6) is -4.44. The number of ether oxygens (including phenoxy) is 2. The van der Waals surface area contributed by atoms with E-state index in [0.29, 0.717) is 16.6 Å². The maximum atomic E-state index is 15.8. The first-order valence-corrected chi connectivity index (χ1v) is 18.9. The van der Waals surface area contributed by atoms with Crippen LogP contribution in [0.4, 0.5) is 14.6 Å². The molecule has 0 amide bonds. The number of anilines is 1. The number of phosphoric acid groups is 1. The Bertz CT molecular complexity index is 1410. The van der Waals surface area contributed by atoms with Crippen LogP contribution in [-0.2, 0) is 34.5 Å². The molecule has 2 aromatic rings. The number of phosphoric ester groups is 1. The molecular formula is C34H51F2N3O8P+. The number of alkyl halides is 2. The van der Waals surface area contributed by atoms with Gasteiger partial charge >= 0.3 is 25.4 Å². The van der Waals surface area contributed by atoms with Gasteiger partial charge in [0.05, 0.1) is 13.2 Å². The van der Waals surface area contributed by atoms with Crippen molar-refractivity contribution in [3.05, 3.63) is 52.6 Å². The molecule has 0 bridgehead atoms. The van der Waals surface area contributed by atoms with Gasteiger partial charge in [-0.05, 0) is 12.5 Å². The first kappa shape index (κ1) is 38.0. The number of para-hydroxylation sites is 1. The molecule has 0 saturated carbocycles. The van der Waals surface area contributed by atoms with Crippen molar-refractivity contribution in [2.75, 3.05) is 12.3 Å². The monoisotopic (exact) mass is 698 g/mol. The Balaban J connectivity index is 1.23. The molecule has 1 aromatic carbocycles. The van der Waals surface area contributed by atoms with Crippen molar-refractivity contribution in [2.24, 2.45) is 0 Å². The van der Waals surface area contributed by atoms with E-state index in [0.717, 1.165) is 31.9 Å². The molecule has 11 nitrogen and oxygen atoms in total. The summed E-state index contributed by atoms with van der Waals surface area (Å²) >= 11 is 0. The van der Waals surface area contributed by atoms with Crippen molar-refractivity contribution in [3.8, 4) is 5.75 Å². The van der Waals surface area contributed by atoms with Crippen LogP contribution in [0.25, 0.3) is 0 Å². The molecule has 0 radical (unpaired) electrons. The quantitative estimate of drug-likeness (QED) is 0.0581. The van der Waals surface area contributed by atoms with E-state index in [-0.39, 0.29) is 24.6 Å². The van der Waals surface area contributed by atoms with Crippen LogP contribution in [0, 0.1) is 0 Å². The summed E-state index contributed by atoms with van der Waals surface area (Å²) < 4.78 is 72.4. The van der Waals surface area contributed by atoms with E-state index in [1.807, 2.05) is 0 Å². The van der Waals surface area contributed by atoms with Crippen molar-refractivity contribution in [2.45, 2.75) is 141 Å². The minimum atomic E-state index is -4.21. The van der Waals surface area contributed by atoms with Crippen LogP contribution in [0.3, 0.4) is 0 Å². The number of nitrogens with two attached hydrogens (primary N) is 1. The number of rotatable bonds is 21. The molecule has 4 unspecified atom stereocenters. The standard InChI is InChI=1S/C34H50F2N3O8P/c1-2-3-4-5-6-7-8-9-10-11-12-13-14-15-16-21-30(40)46-31-28(25-44-48(42)43-24-26-19-17-18-20-27(26)47-48)45-32(34(31,35)36)39-23-22-29(37)38-33(39)41/h17-20,22-23,28,31-32H,2-16,21,24-25H2,1H3,(H2,37,38,41)/p+1. The zero-order chi connectivity index (χ0) is 34.4. The minimum absolute atomic E-state index is 0.0334. The fraction of sp³-hybridized carbons (Fsp3) is 0.676. The lowest BCUT2D eigenvalue weighted by Gasteiger charge is -2.26. The van der Waals surface area contributed by atoms with Crippen molar-refractivity contribution >= 4 is 19.6 Å². The lowest BCUT2D eigenvalue weighted by Crippen LogP contribution is -2.60. The molecule has 14 heteroatoms. The third-order valence-corrected chi connectivity index (χ3v) is 10.0. The SMILES string of the molecule is CCCCCCCCCCCCCCCCCC(=O)OC1C(COP2(=O)OCc3ccccc3O2)OC([n+]2ccc(N)[nH]c2=O)C1(F)F. The normalized spacial score (nSPS) is 23.0. The van der Waals surface area contributed by atoms with Gasteiger partial charge in [-0.2, -0.15) is 23.1 Å². The second-order valence-corrected chi connectivity index (χ2v) is 14.2. The summed E-state index contributed by atoms with van der Waals surface area (Å²) in [5.41, 5.74) is 5.27. The van der Waals surface area contributed by atoms with Gasteiger partial charge in [-0.25, -0.2) is 4.57 Å². The first-order valence-electron chi connectivity index (χ1n) is 17.4. The summed E-state index contributed by atoms with van der Waals surface area (Å²) in [6.07, 6.45) is 12.5. The van der Waals surface area contributed by atoms with Gasteiger partial charge < -0.3 is 19.7 Å². The third kappa shape index (κ3) is 11.1. The predicted octanol–water partition coefficient (Wildman–Crippen LogP) is 7.68. The molecule has 2 aliphatic rings. The summed E-state index contributed by atoms with van der Waals surface area (Å²) in [6.45, 7) is 1.43. The van der Waals surface area contributed by atoms with Crippen molar-refractivity contribution < 1.29 is 45.8 Å². The second-order valence-electron chi connectivity index (χ2n) is 12.6. The van der Waals surface area contributed by atoms with Crippen LogP contribution >= 0.6 is 7.82 Å². The van der Waals surface area contributed by atoms with Crippen LogP contribution < -0.4 is 20.5 Å². The zero-order valence-electron chi connectivity index (χ0n) is 27.9. The van der Waals surface area contributed by atoms with E-state index < -0.39 is 50.4 Å². The molecular weight excluding hydrogens is 647 g/mol. The highest BCUT2D eigenvalue weighted by atomic mass is 31.2. The van der Waals surface area contributed by atoms with Gasteiger partial charge in [-0.3, -0.25) is 13.8 Å². The van der Waals surface area contributed by atoms with Crippen LogP contribution in [-0.4, -0.2) is 35.7 Å². The van der Waals surface area contributed by atoms with Crippen LogP contribution in [0.2, 0.25) is 0 Å². The molecule has 3 heterocycles. The summed E-state index contributed by atoms with van der Waals surface area (Å²) in [6, 6.07) is 7.96. The number of nitrogen functional groups attached to an aromatic ring is 1. The highest BCUT2D eigenvalue weighted by molar-refractivity contribution is 7.49. The van der Waals surface area contributed by atoms with E-state index in [1.165, 1.54) is 70.3 Å². The number of hydrogen-bond acceptors (Lipinski definition) is 9. The number of aromatic amines is 1. The van der Waals surface area contributed by atoms with Gasteiger partial charge in [0, 0.05) is 18.1 Å². The number of nitrogens with one attached hydrogen (secondary N) is 1. The zero-order valence-corrected chi connectivity index (χ0v) is 28.8. The fourth-order valence-electron chi connectivity index (χ4n) is 5.97. The number of halogens is 2. The maximum absolute atomic E-state index is 15.8. The lowest BCUT2D eigenvalue weighted by atomic mass is 10.0. The number of hydrogen-bond donors (Lipinski definition) is 2. The van der Waals surface area contributed by atoms with Crippen LogP contribution in [0.5, 0.6) is 5.75 Å². The summed E-state index contributed by atoms with van der Waals surface area (Å²) in [5, 5.41) is 0. The first-order chi connectivity index (χ1) is 23.1. The topological polar surface area (TPSA) is 143 Å². The number of aromatic nitrogens is 2. The van der Waals surface area contributed by atoms with Crippen molar-refractivity contribution in [3.63, 3.8) is 0 Å². The van der Waals surface area contributed by atoms with E-state index in [4.69, 9.17) is 28.8 Å². The molecule has 4 atom stereocenters. The Hall–Kier alpha value is -2.86. The Morgan fingerprint density at radius 2 is 1.58 bits per heavy atom. The molecule has 48 heavy (non-hydrogen) atoms. The van der Waals surface area contributed by atoms with E-state index in [2.05, 4.69) is 11.9 Å². The lowest BCUT2D eigenvalue weighted by molar-refractivity contribution is -0.789. The Morgan fingerprint density at radius 3 is 2.21 bits per heavy atom. The summed E-state index contributed by atoms with van der Waals surface area (Å²) in [4.78, 5) is 27.5. The molecule has 2 aliphatic heterocycles. The number of fused-ring (bicyclic) bond motifs is 1. The number of benzene rings is 1. The Labute approximate surface area is 281 Å². The van der Waals surface area contributed by atoms with Gasteiger partial charge in [0.1, 0.15) is 18.1 Å². The highest BCUT2D eigenvalue weighted by Gasteiger charge is 2.65. The van der Waals surface area contributed by atoms with Gasteiger partial charge in [-0.1, -0.05) is 115 Å². The van der Waals surface area contributed by atoms with Crippen LogP contribution in [0.15, 0.2) is 41.3 Å². The average Bonchev–Trinajstić information content (AvgIpc) is 3.30.